The number of nitrogens with zero attached hydrogens (tertiary/aromatic N) is 1. The average molecular weight is 120 g/mol. The third-order valence-corrected chi connectivity index (χ3v) is 1.14. The summed E-state index contributed by atoms with van der Waals surface area (Å²) in [6, 6.07) is 0. The number of rotatable bonds is 0. The zero-order chi connectivity index (χ0) is 5.33. The lowest BCUT2D eigenvalue weighted by atomic mass is 11.0. The summed E-state index contributed by atoms with van der Waals surface area (Å²) < 4.78 is 1.08. The minimum atomic E-state index is -1.38. The van der Waals surface area contributed by atoms with Crippen molar-refractivity contribution in [3.8, 4) is 0 Å². The van der Waals surface area contributed by atoms with Crippen LogP contribution in [0, 0.1) is 5.21 Å². The van der Waals surface area contributed by atoms with Gasteiger partial charge in [-0.3, -0.25) is 4.72 Å². The second-order valence-corrected chi connectivity index (χ2v) is 2.03. The van der Waals surface area contributed by atoms with Crippen molar-refractivity contribution in [2.24, 2.45) is 0 Å². The van der Waals surface area contributed by atoms with E-state index in [1.54, 1.807) is 0 Å². The molecule has 0 fully saturated rings. The van der Waals surface area contributed by atoms with E-state index in [4.69, 9.17) is 5.21 Å². The molecule has 0 bridgehead atoms. The van der Waals surface area contributed by atoms with Crippen molar-refractivity contribution in [1.82, 2.24) is 4.72 Å². The topological polar surface area (TPSA) is 55.3 Å². The molecule has 1 heterocycles. The van der Waals surface area contributed by atoms with Crippen molar-refractivity contribution >= 4 is 12.1 Å². The highest BCUT2D eigenvalue weighted by Crippen LogP contribution is 2.18. The highest BCUT2D eigenvalue weighted by Gasteiger charge is 2.16. The van der Waals surface area contributed by atoms with E-state index in [1.807, 2.05) is 0 Å². The molecule has 7 heavy (non-hydrogen) atoms. The quantitative estimate of drug-likeness (QED) is 0.275. The largest absolute Gasteiger partial charge is 0.580 e. The van der Waals surface area contributed by atoms with E-state index in [-0.39, 0.29) is 0 Å². The van der Waals surface area contributed by atoms with E-state index < -0.39 is 4.21 Å². The van der Waals surface area contributed by atoms with E-state index in [0.29, 0.717) is 12.1 Å². The van der Waals surface area contributed by atoms with E-state index in [9.17, 15) is 5.21 Å². The Labute approximate surface area is 44.8 Å². The Morgan fingerprint density at radius 1 is 1.86 bits per heavy atom. The van der Waals surface area contributed by atoms with Gasteiger partial charge in [-0.15, -0.1) is 4.21 Å². The summed E-state index contributed by atoms with van der Waals surface area (Å²) in [5.41, 5.74) is 0. The fraction of sp³-hybridized carbons (Fsp3) is 0. The van der Waals surface area contributed by atoms with Crippen LogP contribution in [-0.2, 0) is 0 Å². The van der Waals surface area contributed by atoms with Gasteiger partial charge in [-0.05, 0) is 0 Å². The molecule has 0 aromatic carbocycles. The minimum absolute atomic E-state index is 0.676. The van der Waals surface area contributed by atoms with Crippen LogP contribution in [-0.4, -0.2) is 9.42 Å². The van der Waals surface area contributed by atoms with Crippen LogP contribution in [0.1, 0.15) is 0 Å². The second-order valence-electron chi connectivity index (χ2n) is 1.09. The number of hydroxylamine groups is 2. The zero-order valence-corrected chi connectivity index (χ0v) is 4.18. The maximum absolute atomic E-state index is 10.2. The zero-order valence-electron chi connectivity index (χ0n) is 3.37. The molecule has 0 amide bonds. The van der Waals surface area contributed by atoms with Crippen molar-refractivity contribution in [2.75, 3.05) is 0 Å². The van der Waals surface area contributed by atoms with Crippen molar-refractivity contribution in [2.45, 2.75) is 0 Å². The van der Waals surface area contributed by atoms with Gasteiger partial charge in [0.1, 0.15) is 0 Å². The number of quaternary nitrogens is 1. The Bertz CT molecular complexity index is 102. The fourth-order valence-corrected chi connectivity index (χ4v) is 0.655. The predicted octanol–water partition coefficient (Wildman–Crippen LogP) is 0.328. The van der Waals surface area contributed by atoms with Crippen LogP contribution in [0.4, 0.5) is 0 Å². The van der Waals surface area contributed by atoms with Crippen molar-refractivity contribution in [3.63, 3.8) is 0 Å². The van der Waals surface area contributed by atoms with Crippen LogP contribution in [0.25, 0.3) is 0 Å². The van der Waals surface area contributed by atoms with E-state index in [2.05, 4.69) is 4.72 Å². The number of hydrogen-bond acceptors (Lipinski definition) is 4. The number of nitrogens with one attached hydrogen (secondary N) is 1. The molecule has 5 heteroatoms. The lowest BCUT2D eigenvalue weighted by molar-refractivity contribution is -0.904. The van der Waals surface area contributed by atoms with Gasteiger partial charge < -0.3 is 5.21 Å². The molecular formula is C2H4N2O2S. The molecule has 1 aliphatic heterocycles. The molecular weight excluding hydrogens is 116 g/mol. The molecule has 1 atom stereocenters. The Morgan fingerprint density at radius 3 is 2.71 bits per heavy atom. The first-order chi connectivity index (χ1) is 3.21. The van der Waals surface area contributed by atoms with Crippen LogP contribution in [0.15, 0.2) is 12.4 Å². The van der Waals surface area contributed by atoms with Crippen molar-refractivity contribution < 1.29 is 9.42 Å². The average Bonchev–Trinajstić information content (AvgIpc) is 1.84. The van der Waals surface area contributed by atoms with E-state index >= 15 is 0 Å². The molecule has 0 aliphatic carbocycles. The molecule has 2 N–H and O–H groups in total. The van der Waals surface area contributed by atoms with Gasteiger partial charge in [0, 0.05) is 0 Å². The van der Waals surface area contributed by atoms with Crippen LogP contribution >= 0.6 is 12.1 Å². The van der Waals surface area contributed by atoms with E-state index in [1.165, 1.54) is 6.20 Å². The standard InChI is InChI=1S/C2H4N2O2S/c5-4(6)2-1-3-7-4/h1-3,5H. The lowest BCUT2D eigenvalue weighted by Gasteiger charge is -2.18. The lowest BCUT2D eigenvalue weighted by Crippen LogP contribution is -2.20. The van der Waals surface area contributed by atoms with E-state index in [0.717, 1.165) is 6.20 Å². The van der Waals surface area contributed by atoms with Crippen molar-refractivity contribution in [1.29, 1.82) is 0 Å². The molecule has 4 nitrogen and oxygen atoms in total. The molecule has 0 saturated carbocycles. The van der Waals surface area contributed by atoms with Crippen LogP contribution in [0.5, 0.6) is 0 Å². The van der Waals surface area contributed by atoms with Crippen molar-refractivity contribution in [3.05, 3.63) is 17.6 Å². The van der Waals surface area contributed by atoms with Gasteiger partial charge in [-0.25, -0.2) is 0 Å². The molecule has 0 radical (unpaired) electrons. The second kappa shape index (κ2) is 1.38. The molecule has 40 valence electrons. The highest BCUT2D eigenvalue weighted by atomic mass is 32.2. The molecule has 1 aliphatic rings. The van der Waals surface area contributed by atoms with Gasteiger partial charge in [-0.2, -0.15) is 5.21 Å². The molecule has 0 saturated heterocycles. The highest BCUT2D eigenvalue weighted by molar-refractivity contribution is 7.92. The molecule has 0 spiro atoms. The first-order valence-electron chi connectivity index (χ1n) is 1.65. The van der Waals surface area contributed by atoms with Crippen LogP contribution < -0.4 is 4.72 Å². The fourth-order valence-electron chi connectivity index (χ4n) is 0.261. The first-order valence-corrected chi connectivity index (χ1v) is 2.42. The molecule has 0 aromatic rings. The van der Waals surface area contributed by atoms with Gasteiger partial charge in [0.15, 0.2) is 6.20 Å². The first kappa shape index (κ1) is 4.92. The molecule has 1 unspecified atom stereocenters. The van der Waals surface area contributed by atoms with Gasteiger partial charge in [-0.1, -0.05) is 0 Å². The monoisotopic (exact) mass is 120 g/mol. The summed E-state index contributed by atoms with van der Waals surface area (Å²) in [6.07, 6.45) is 2.47. The summed E-state index contributed by atoms with van der Waals surface area (Å²) in [6.45, 7) is 0. The normalized spacial score (nSPS) is 38.6. The predicted molar refractivity (Wildman–Crippen MR) is 25.3 cm³/mol. The summed E-state index contributed by atoms with van der Waals surface area (Å²) in [5, 5.41) is 18.6. The summed E-state index contributed by atoms with van der Waals surface area (Å²) in [5.74, 6) is 0. The van der Waals surface area contributed by atoms with Gasteiger partial charge >= 0.3 is 0 Å². The maximum Gasteiger partial charge on any atom is 0.241 e. The van der Waals surface area contributed by atoms with Gasteiger partial charge in [0.2, 0.25) is 12.1 Å². The minimum Gasteiger partial charge on any atom is -0.580 e. The molecule has 1 rings (SSSR count). The molecule has 0 aromatic heterocycles. The van der Waals surface area contributed by atoms with Crippen LogP contribution in [0.3, 0.4) is 0 Å². The Morgan fingerprint density at radius 2 is 2.57 bits per heavy atom. The Hall–Kier alpha value is -0.230. The smallest absolute Gasteiger partial charge is 0.241 e. The Kier molecular flexibility index (Phi) is 0.966. The third kappa shape index (κ3) is 1.07. The summed E-state index contributed by atoms with van der Waals surface area (Å²) in [4.78, 5) is 0. The van der Waals surface area contributed by atoms with Gasteiger partial charge in [0.25, 0.3) is 0 Å². The SMILES string of the molecule is [O-][N+]1(O)C=CNS1. The maximum atomic E-state index is 10.2. The third-order valence-electron chi connectivity index (χ3n) is 0.514. The Balaban J connectivity index is 2.57. The summed E-state index contributed by atoms with van der Waals surface area (Å²) in [7, 11) is 0. The number of hydrogen-bond donors (Lipinski definition) is 2. The van der Waals surface area contributed by atoms with Crippen LogP contribution in [0.2, 0.25) is 0 Å². The summed E-state index contributed by atoms with van der Waals surface area (Å²) >= 11 is 0.676. The van der Waals surface area contributed by atoms with Gasteiger partial charge in [0.05, 0.1) is 6.20 Å².